The van der Waals surface area contributed by atoms with Crippen molar-refractivity contribution in [2.45, 2.75) is 64.1 Å². The van der Waals surface area contributed by atoms with Gasteiger partial charge in [-0.1, -0.05) is 0 Å². The van der Waals surface area contributed by atoms with Gasteiger partial charge in [0.05, 0.1) is 6.61 Å². The van der Waals surface area contributed by atoms with Gasteiger partial charge in [0.25, 0.3) is 0 Å². The molecule has 1 N–H and O–H groups in total. The van der Waals surface area contributed by atoms with Crippen LogP contribution in [0.4, 0.5) is 0 Å². The van der Waals surface area contributed by atoms with Crippen molar-refractivity contribution in [3.05, 3.63) is 0 Å². The monoisotopic (exact) mass is 415 g/mol. The van der Waals surface area contributed by atoms with E-state index in [1.165, 1.54) is 5.06 Å². The first-order chi connectivity index (χ1) is 11.6. The second-order valence-corrected chi connectivity index (χ2v) is 11.2. The van der Waals surface area contributed by atoms with E-state index in [0.717, 1.165) is 25.8 Å². The van der Waals surface area contributed by atoms with Gasteiger partial charge in [-0.05, 0) is 47.0 Å². The number of nitrogens with zero attached hydrogens (tertiary/aromatic N) is 3. The Kier molecular flexibility index (Phi) is 7.29. The molecular weight excluding hydrogens is 384 g/mol. The van der Waals surface area contributed by atoms with Gasteiger partial charge in [-0.15, -0.1) is 23.2 Å². The summed E-state index contributed by atoms with van der Waals surface area (Å²) in [5.74, 6) is 0.758. The maximum atomic E-state index is 13.9. The minimum Gasteiger partial charge on any atom is -0.313 e. The Morgan fingerprint density at radius 2 is 1.68 bits per heavy atom. The lowest BCUT2D eigenvalue weighted by Crippen LogP contribution is -2.63. The SMILES string of the molecule is CC1(C)CC(N2CCCOP2(=O)N(CCCl)CCCl)CC(C)(C)N1O. The molecule has 0 bridgehead atoms. The minimum atomic E-state index is -3.17. The lowest BCUT2D eigenvalue weighted by Gasteiger charge is -2.55. The van der Waals surface area contributed by atoms with E-state index in [9.17, 15) is 9.77 Å². The Labute approximate surface area is 161 Å². The fraction of sp³-hybridized carbons (Fsp3) is 1.00. The second kappa shape index (κ2) is 8.32. The molecule has 0 aromatic heterocycles. The van der Waals surface area contributed by atoms with Crippen LogP contribution in [0.3, 0.4) is 0 Å². The fourth-order valence-corrected chi connectivity index (χ4v) is 7.55. The van der Waals surface area contributed by atoms with Crippen molar-refractivity contribution in [3.8, 4) is 0 Å². The van der Waals surface area contributed by atoms with Gasteiger partial charge in [0.15, 0.2) is 0 Å². The summed E-state index contributed by atoms with van der Waals surface area (Å²) in [7, 11) is -3.17. The standard InChI is InChI=1S/C16H32Cl2N3O3P/c1-15(2)12-14(13-16(3,4)21(15)22)20-8-5-11-24-25(20,23)19(9-6-17)10-7-18/h14,22H,5-13H2,1-4H3. The zero-order valence-corrected chi connectivity index (χ0v) is 18.2. The van der Waals surface area contributed by atoms with E-state index < -0.39 is 18.7 Å². The molecule has 0 aliphatic carbocycles. The van der Waals surface area contributed by atoms with Crippen molar-refractivity contribution in [1.82, 2.24) is 14.4 Å². The van der Waals surface area contributed by atoms with Crippen LogP contribution in [0, 0.1) is 0 Å². The molecule has 2 saturated heterocycles. The molecule has 0 aromatic carbocycles. The quantitative estimate of drug-likeness (QED) is 0.522. The molecule has 2 heterocycles. The Bertz CT molecular complexity index is 483. The molecule has 0 aromatic rings. The lowest BCUT2D eigenvalue weighted by molar-refractivity contribution is -0.250. The van der Waals surface area contributed by atoms with Crippen molar-refractivity contribution in [3.63, 3.8) is 0 Å². The minimum absolute atomic E-state index is 0.0627. The van der Waals surface area contributed by atoms with Crippen molar-refractivity contribution in [2.75, 3.05) is 38.0 Å². The highest BCUT2D eigenvalue weighted by Crippen LogP contribution is 2.59. The molecular formula is C16H32Cl2N3O3P. The molecule has 1 unspecified atom stereocenters. The van der Waals surface area contributed by atoms with Gasteiger partial charge in [-0.3, -0.25) is 4.57 Å². The first-order valence-electron chi connectivity index (χ1n) is 8.97. The summed E-state index contributed by atoms with van der Waals surface area (Å²) < 4.78 is 23.6. The van der Waals surface area contributed by atoms with E-state index in [4.69, 9.17) is 27.7 Å². The van der Waals surface area contributed by atoms with Gasteiger partial charge in [-0.2, -0.15) is 5.06 Å². The van der Waals surface area contributed by atoms with E-state index in [1.54, 1.807) is 0 Å². The summed E-state index contributed by atoms with van der Waals surface area (Å²) in [5, 5.41) is 12.0. The van der Waals surface area contributed by atoms with Crippen LogP contribution in [0.25, 0.3) is 0 Å². The molecule has 2 rings (SSSR count). The first kappa shape index (κ1) is 21.9. The third-order valence-corrected chi connectivity index (χ3v) is 8.34. The van der Waals surface area contributed by atoms with Crippen LogP contribution in [0.15, 0.2) is 0 Å². The molecule has 6 nitrogen and oxygen atoms in total. The number of halogens is 2. The lowest BCUT2D eigenvalue weighted by atomic mass is 9.79. The molecule has 1 atom stereocenters. The largest absolute Gasteiger partial charge is 0.346 e. The summed E-state index contributed by atoms with van der Waals surface area (Å²) >= 11 is 11.9. The number of hydroxylamine groups is 2. The van der Waals surface area contributed by atoms with Gasteiger partial charge in [0.1, 0.15) is 0 Å². The highest BCUT2D eigenvalue weighted by atomic mass is 35.5. The highest BCUT2D eigenvalue weighted by molar-refractivity contribution is 7.54. The van der Waals surface area contributed by atoms with Crippen molar-refractivity contribution in [2.24, 2.45) is 0 Å². The maximum Gasteiger partial charge on any atom is 0.346 e. The third kappa shape index (κ3) is 4.55. The Balaban J connectivity index is 2.32. The van der Waals surface area contributed by atoms with E-state index >= 15 is 0 Å². The topological polar surface area (TPSA) is 56.2 Å². The van der Waals surface area contributed by atoms with E-state index in [2.05, 4.69) is 0 Å². The molecule has 25 heavy (non-hydrogen) atoms. The van der Waals surface area contributed by atoms with Crippen LogP contribution in [-0.2, 0) is 9.09 Å². The summed E-state index contributed by atoms with van der Waals surface area (Å²) in [6.45, 7) is 10.2. The van der Waals surface area contributed by atoms with Crippen LogP contribution in [0.2, 0.25) is 0 Å². The van der Waals surface area contributed by atoms with Crippen LogP contribution >= 0.6 is 30.9 Å². The van der Waals surface area contributed by atoms with Crippen LogP contribution in [0.1, 0.15) is 47.0 Å². The summed E-state index contributed by atoms with van der Waals surface area (Å²) in [6.07, 6.45) is 2.28. The highest BCUT2D eigenvalue weighted by Gasteiger charge is 2.52. The molecule has 148 valence electrons. The second-order valence-electron chi connectivity index (χ2n) is 8.17. The van der Waals surface area contributed by atoms with Crippen molar-refractivity contribution < 1.29 is 14.3 Å². The van der Waals surface area contributed by atoms with E-state index in [0.29, 0.717) is 31.5 Å². The van der Waals surface area contributed by atoms with Gasteiger partial charge >= 0.3 is 7.67 Å². The molecule has 2 aliphatic rings. The van der Waals surface area contributed by atoms with Gasteiger partial charge in [-0.25, -0.2) is 9.34 Å². The predicted octanol–water partition coefficient (Wildman–Crippen LogP) is 4.01. The molecule has 2 fully saturated rings. The molecule has 0 amide bonds. The third-order valence-electron chi connectivity index (χ3n) is 5.20. The van der Waals surface area contributed by atoms with Crippen LogP contribution < -0.4 is 0 Å². The van der Waals surface area contributed by atoms with Crippen molar-refractivity contribution >= 4 is 30.9 Å². The fourth-order valence-electron chi connectivity index (χ4n) is 4.23. The number of piperidine rings is 1. The Hall–Kier alpha value is 0.610. The van der Waals surface area contributed by atoms with Gasteiger partial charge in [0, 0.05) is 48.5 Å². The Morgan fingerprint density at radius 3 is 2.16 bits per heavy atom. The number of rotatable bonds is 6. The zero-order valence-electron chi connectivity index (χ0n) is 15.7. The zero-order chi connectivity index (χ0) is 18.9. The number of hydrogen-bond donors (Lipinski definition) is 1. The van der Waals surface area contributed by atoms with E-state index in [1.807, 2.05) is 37.0 Å². The molecule has 0 radical (unpaired) electrons. The Morgan fingerprint density at radius 1 is 1.16 bits per heavy atom. The normalized spacial score (nSPS) is 31.5. The summed E-state index contributed by atoms with van der Waals surface area (Å²) in [4.78, 5) is 0. The molecule has 2 aliphatic heterocycles. The number of alkyl halides is 2. The van der Waals surface area contributed by atoms with Crippen LogP contribution in [-0.4, -0.2) is 74.7 Å². The number of hydrogen-bond acceptors (Lipinski definition) is 4. The van der Waals surface area contributed by atoms with Gasteiger partial charge in [0.2, 0.25) is 0 Å². The molecule has 0 spiro atoms. The van der Waals surface area contributed by atoms with Crippen LogP contribution in [0.5, 0.6) is 0 Å². The average Bonchev–Trinajstić information content (AvgIpc) is 2.52. The summed E-state index contributed by atoms with van der Waals surface area (Å²) in [5.41, 5.74) is -0.809. The maximum absolute atomic E-state index is 13.9. The summed E-state index contributed by atoms with van der Waals surface area (Å²) in [6, 6.07) is 0.0627. The first-order valence-corrected chi connectivity index (χ1v) is 11.6. The van der Waals surface area contributed by atoms with Crippen molar-refractivity contribution in [1.29, 1.82) is 0 Å². The molecule has 0 saturated carbocycles. The van der Waals surface area contributed by atoms with E-state index in [-0.39, 0.29) is 6.04 Å². The average molecular weight is 416 g/mol. The molecule has 9 heteroatoms. The smallest absolute Gasteiger partial charge is 0.313 e. The van der Waals surface area contributed by atoms with Gasteiger partial charge < -0.3 is 9.73 Å². The predicted molar refractivity (Wildman–Crippen MR) is 103 cm³/mol.